The van der Waals surface area contributed by atoms with E-state index in [0.29, 0.717) is 17.0 Å². The number of carbonyl (C=O) groups is 1. The lowest BCUT2D eigenvalue weighted by Gasteiger charge is -2.12. The van der Waals surface area contributed by atoms with Gasteiger partial charge in [-0.2, -0.15) is 5.26 Å². The molecule has 0 bridgehead atoms. The summed E-state index contributed by atoms with van der Waals surface area (Å²) in [6, 6.07) is 26.3. The highest BCUT2D eigenvalue weighted by atomic mass is 32.2. The molecule has 26 heavy (non-hydrogen) atoms. The first kappa shape index (κ1) is 17.6. The van der Waals surface area contributed by atoms with Crippen LogP contribution in [-0.4, -0.2) is 12.5 Å². The summed E-state index contributed by atoms with van der Waals surface area (Å²) in [7, 11) is 0. The van der Waals surface area contributed by atoms with Crippen LogP contribution in [0.2, 0.25) is 0 Å². The van der Waals surface area contributed by atoms with Gasteiger partial charge >= 0.3 is 0 Å². The topological polar surface area (TPSA) is 62.1 Å². The highest BCUT2D eigenvalue weighted by molar-refractivity contribution is 7.99. The number of hydrogen-bond acceptors (Lipinski definition) is 4. The number of nitrogens with zero attached hydrogens (tertiary/aromatic N) is 1. The average Bonchev–Trinajstić information content (AvgIpc) is 2.69. The summed E-state index contributed by atoms with van der Waals surface area (Å²) in [5.41, 5.74) is 1.29. The summed E-state index contributed by atoms with van der Waals surface area (Å²) in [5, 5.41) is 12.1. The van der Waals surface area contributed by atoms with Crippen molar-refractivity contribution in [3.63, 3.8) is 0 Å². The van der Waals surface area contributed by atoms with E-state index in [1.54, 1.807) is 18.2 Å². The predicted molar refractivity (Wildman–Crippen MR) is 102 cm³/mol. The normalized spacial score (nSPS) is 9.96. The van der Waals surface area contributed by atoms with E-state index >= 15 is 0 Å². The van der Waals surface area contributed by atoms with E-state index in [-0.39, 0.29) is 12.5 Å². The van der Waals surface area contributed by atoms with E-state index in [1.807, 2.05) is 60.7 Å². The van der Waals surface area contributed by atoms with Crippen molar-refractivity contribution in [2.24, 2.45) is 0 Å². The first-order valence-electron chi connectivity index (χ1n) is 8.00. The van der Waals surface area contributed by atoms with Gasteiger partial charge in [0.15, 0.2) is 6.61 Å². The molecule has 3 rings (SSSR count). The molecule has 0 fully saturated rings. The van der Waals surface area contributed by atoms with Gasteiger partial charge in [-0.05, 0) is 36.4 Å². The van der Waals surface area contributed by atoms with E-state index in [2.05, 4.69) is 11.4 Å². The molecule has 0 unspecified atom stereocenters. The van der Waals surface area contributed by atoms with Gasteiger partial charge in [-0.1, -0.05) is 54.2 Å². The van der Waals surface area contributed by atoms with Gasteiger partial charge in [0.05, 0.1) is 11.3 Å². The molecule has 1 amide bonds. The third-order valence-corrected chi connectivity index (χ3v) is 4.65. The number of anilines is 1. The maximum Gasteiger partial charge on any atom is 0.262 e. The third-order valence-electron chi connectivity index (χ3n) is 3.50. The Bertz CT molecular complexity index is 936. The lowest BCUT2D eigenvalue weighted by Crippen LogP contribution is -2.20. The fourth-order valence-electron chi connectivity index (χ4n) is 2.28. The molecule has 128 valence electrons. The Labute approximate surface area is 156 Å². The second-order valence-corrected chi connectivity index (χ2v) is 6.44. The zero-order valence-corrected chi connectivity index (χ0v) is 14.7. The minimum atomic E-state index is -0.240. The van der Waals surface area contributed by atoms with Gasteiger partial charge in [0.25, 0.3) is 5.91 Å². The minimum Gasteiger partial charge on any atom is -0.484 e. The van der Waals surface area contributed by atoms with Crippen molar-refractivity contribution in [3.8, 4) is 11.8 Å². The van der Waals surface area contributed by atoms with Crippen molar-refractivity contribution in [1.82, 2.24) is 0 Å². The van der Waals surface area contributed by atoms with Crippen molar-refractivity contribution in [2.75, 3.05) is 11.9 Å². The second-order valence-electron chi connectivity index (χ2n) is 5.36. The van der Waals surface area contributed by atoms with Gasteiger partial charge in [-0.3, -0.25) is 4.79 Å². The molecule has 0 atom stereocenters. The number of hydrogen-bond donors (Lipinski definition) is 1. The average molecular weight is 360 g/mol. The SMILES string of the molecule is N#Cc1ccccc1Sc1ccccc1NC(=O)COc1ccccc1. The molecule has 0 saturated heterocycles. The summed E-state index contributed by atoms with van der Waals surface area (Å²) in [6.07, 6.45) is 0. The van der Waals surface area contributed by atoms with Crippen LogP contribution >= 0.6 is 11.8 Å². The van der Waals surface area contributed by atoms with Gasteiger partial charge in [0, 0.05) is 9.79 Å². The van der Waals surface area contributed by atoms with E-state index in [4.69, 9.17) is 4.74 Å². The molecular formula is C21H16N2O2S. The molecule has 4 nitrogen and oxygen atoms in total. The molecule has 0 aromatic heterocycles. The van der Waals surface area contributed by atoms with Crippen LogP contribution in [0.3, 0.4) is 0 Å². The lowest BCUT2D eigenvalue weighted by atomic mass is 10.2. The molecule has 0 aliphatic carbocycles. The van der Waals surface area contributed by atoms with Gasteiger partial charge in [0.1, 0.15) is 11.8 Å². The summed E-state index contributed by atoms with van der Waals surface area (Å²) in [5.74, 6) is 0.406. The van der Waals surface area contributed by atoms with Crippen molar-refractivity contribution in [1.29, 1.82) is 5.26 Å². The first-order valence-corrected chi connectivity index (χ1v) is 8.81. The van der Waals surface area contributed by atoms with Crippen molar-refractivity contribution >= 4 is 23.4 Å². The van der Waals surface area contributed by atoms with Crippen LogP contribution in [0.25, 0.3) is 0 Å². The summed E-state index contributed by atoms with van der Waals surface area (Å²) >= 11 is 1.44. The molecule has 0 radical (unpaired) electrons. The van der Waals surface area contributed by atoms with Crippen molar-refractivity contribution in [2.45, 2.75) is 9.79 Å². The number of ether oxygens (including phenoxy) is 1. The highest BCUT2D eigenvalue weighted by Gasteiger charge is 2.10. The Balaban J connectivity index is 1.69. The van der Waals surface area contributed by atoms with Crippen LogP contribution in [0.1, 0.15) is 5.56 Å². The van der Waals surface area contributed by atoms with E-state index < -0.39 is 0 Å². The van der Waals surface area contributed by atoms with E-state index in [9.17, 15) is 10.1 Å². The molecule has 0 aliphatic heterocycles. The Morgan fingerprint density at radius 1 is 0.923 bits per heavy atom. The molecule has 0 saturated carbocycles. The lowest BCUT2D eigenvalue weighted by molar-refractivity contribution is -0.118. The maximum absolute atomic E-state index is 12.2. The highest BCUT2D eigenvalue weighted by Crippen LogP contribution is 2.35. The van der Waals surface area contributed by atoms with Gasteiger partial charge in [-0.15, -0.1) is 0 Å². The van der Waals surface area contributed by atoms with E-state index in [1.165, 1.54) is 11.8 Å². The quantitative estimate of drug-likeness (QED) is 0.690. The number of carbonyl (C=O) groups excluding carboxylic acids is 1. The van der Waals surface area contributed by atoms with E-state index in [0.717, 1.165) is 9.79 Å². The Morgan fingerprint density at radius 3 is 2.35 bits per heavy atom. The van der Waals surface area contributed by atoms with Gasteiger partial charge in [0.2, 0.25) is 0 Å². The third kappa shape index (κ3) is 4.65. The van der Waals surface area contributed by atoms with Crippen LogP contribution in [0.5, 0.6) is 5.75 Å². The van der Waals surface area contributed by atoms with Gasteiger partial charge in [-0.25, -0.2) is 0 Å². The zero-order valence-electron chi connectivity index (χ0n) is 13.9. The van der Waals surface area contributed by atoms with Crippen LogP contribution in [0.4, 0.5) is 5.69 Å². The monoisotopic (exact) mass is 360 g/mol. The Hall–Kier alpha value is -3.23. The molecule has 5 heteroatoms. The molecule has 0 aliphatic rings. The fourth-order valence-corrected chi connectivity index (χ4v) is 3.26. The molecule has 3 aromatic carbocycles. The number of nitriles is 1. The summed E-state index contributed by atoms with van der Waals surface area (Å²) in [4.78, 5) is 13.9. The number of amides is 1. The van der Waals surface area contributed by atoms with Crippen LogP contribution in [0.15, 0.2) is 88.7 Å². The molecule has 3 aromatic rings. The minimum absolute atomic E-state index is 0.0716. The van der Waals surface area contributed by atoms with Crippen LogP contribution < -0.4 is 10.1 Å². The number of para-hydroxylation sites is 2. The second kappa shape index (κ2) is 8.75. The number of nitrogens with one attached hydrogen (secondary N) is 1. The summed E-state index contributed by atoms with van der Waals surface area (Å²) < 4.78 is 5.47. The van der Waals surface area contributed by atoms with Gasteiger partial charge < -0.3 is 10.1 Å². The van der Waals surface area contributed by atoms with Crippen LogP contribution in [0, 0.1) is 11.3 Å². The molecular weight excluding hydrogens is 344 g/mol. The molecule has 0 spiro atoms. The van der Waals surface area contributed by atoms with Crippen molar-refractivity contribution in [3.05, 3.63) is 84.4 Å². The first-order chi connectivity index (χ1) is 12.8. The standard InChI is InChI=1S/C21H16N2O2S/c22-14-16-8-4-6-12-19(16)26-20-13-7-5-11-18(20)23-21(24)15-25-17-9-2-1-3-10-17/h1-13H,15H2,(H,23,24). The zero-order chi connectivity index (χ0) is 18.2. The maximum atomic E-state index is 12.2. The Morgan fingerprint density at radius 2 is 1.58 bits per heavy atom. The Kier molecular flexibility index (Phi) is 5.92. The molecule has 0 heterocycles. The largest absolute Gasteiger partial charge is 0.484 e. The number of benzene rings is 3. The molecule has 1 N–H and O–H groups in total. The number of rotatable bonds is 6. The smallest absolute Gasteiger partial charge is 0.262 e. The summed E-state index contributed by atoms with van der Waals surface area (Å²) in [6.45, 7) is -0.0716. The predicted octanol–water partition coefficient (Wildman–Crippen LogP) is 4.73. The van der Waals surface area contributed by atoms with Crippen molar-refractivity contribution < 1.29 is 9.53 Å². The van der Waals surface area contributed by atoms with Crippen LogP contribution in [-0.2, 0) is 4.79 Å². The fraction of sp³-hybridized carbons (Fsp3) is 0.0476.